The summed E-state index contributed by atoms with van der Waals surface area (Å²) in [6.45, 7) is 0.686. The number of thiol groups is 1. The van der Waals surface area contributed by atoms with E-state index < -0.39 is 23.9 Å². The second-order valence-corrected chi connectivity index (χ2v) is 10.1. The van der Waals surface area contributed by atoms with Gasteiger partial charge in [-0.15, -0.1) is 0 Å². The molecule has 4 rings (SSSR count). The van der Waals surface area contributed by atoms with Gasteiger partial charge in [0, 0.05) is 16.1 Å². The lowest BCUT2D eigenvalue weighted by Gasteiger charge is -2.38. The molecule has 1 N–H and O–H groups in total. The van der Waals surface area contributed by atoms with Crippen molar-refractivity contribution in [3.05, 3.63) is 62.9 Å². The number of nitrogens with one attached hydrogen (secondary N) is 1. The van der Waals surface area contributed by atoms with E-state index in [0.29, 0.717) is 18.6 Å². The number of rotatable bonds is 7. The molecular weight excluding hydrogens is 527 g/mol. The van der Waals surface area contributed by atoms with E-state index in [9.17, 15) is 22.4 Å². The molecule has 2 fully saturated rings. The summed E-state index contributed by atoms with van der Waals surface area (Å²) in [5.41, 5.74) is 0.687. The molecule has 2 aromatic rings. The van der Waals surface area contributed by atoms with E-state index in [1.54, 1.807) is 0 Å². The predicted octanol–water partition coefficient (Wildman–Crippen LogP) is 6.98. The summed E-state index contributed by atoms with van der Waals surface area (Å²) in [7, 11) is 0. The first kappa shape index (κ1) is 26.4. The molecule has 0 spiro atoms. The van der Waals surface area contributed by atoms with Gasteiger partial charge in [-0.25, -0.2) is 4.39 Å². The number of benzene rings is 2. The van der Waals surface area contributed by atoms with Gasteiger partial charge in [0.2, 0.25) is 0 Å². The van der Waals surface area contributed by atoms with Gasteiger partial charge in [0.15, 0.2) is 0 Å². The van der Waals surface area contributed by atoms with Crippen LogP contribution >= 0.6 is 36.0 Å². The number of piperidine rings is 1. The monoisotopic (exact) mass is 550 g/mol. The fourth-order valence-electron chi connectivity index (χ4n) is 4.57. The van der Waals surface area contributed by atoms with Gasteiger partial charge in [-0.05, 0) is 86.0 Å². The van der Waals surface area contributed by atoms with Gasteiger partial charge in [0.1, 0.15) is 17.6 Å². The second kappa shape index (κ2) is 10.7. The molecule has 1 atom stereocenters. The van der Waals surface area contributed by atoms with Crippen molar-refractivity contribution in [2.45, 2.75) is 43.8 Å². The molecule has 4 nitrogen and oxygen atoms in total. The normalized spacial score (nSPS) is 18.4. The highest BCUT2D eigenvalue weighted by Crippen LogP contribution is 2.46. The molecular formula is C24H24Cl2F4N2O2S. The number of hydrogen-bond acceptors (Lipinski definition) is 4. The Kier molecular flexibility index (Phi) is 8.10. The highest BCUT2D eigenvalue weighted by atomic mass is 35.5. The van der Waals surface area contributed by atoms with Crippen molar-refractivity contribution in [1.29, 1.82) is 0 Å². The first-order valence-corrected chi connectivity index (χ1v) is 12.4. The van der Waals surface area contributed by atoms with Gasteiger partial charge in [-0.2, -0.15) is 13.2 Å². The molecule has 1 aliphatic carbocycles. The summed E-state index contributed by atoms with van der Waals surface area (Å²) in [5.74, 6) is -0.745. The Morgan fingerprint density at radius 2 is 1.71 bits per heavy atom. The molecule has 0 bridgehead atoms. The van der Waals surface area contributed by atoms with Crippen LogP contribution in [0.4, 0.5) is 17.6 Å². The standard InChI is InChI=1S/C24H24Cl2F4N2O2S/c25-16-7-15(8-17(26)9-16)22(24(28,29)30)32-5-3-13(4-6-32)12-34-21-11-20(27)19(23(33)31-35)10-18(21)14-1-2-14/h7-11,13-14,22,35H,1-6,12H2,(H,31,33). The number of likely N-dealkylation sites (tertiary alicyclic amines) is 1. The number of hydrogen-bond donors (Lipinski definition) is 2. The highest BCUT2D eigenvalue weighted by molar-refractivity contribution is 7.78. The number of halogens is 6. The molecule has 35 heavy (non-hydrogen) atoms. The third-order valence-electron chi connectivity index (χ3n) is 6.46. The molecule has 2 aliphatic rings. The maximum Gasteiger partial charge on any atom is 0.408 e. The van der Waals surface area contributed by atoms with Gasteiger partial charge in [-0.3, -0.25) is 14.4 Å². The number of nitrogens with zero attached hydrogens (tertiary/aromatic N) is 1. The molecule has 0 aromatic heterocycles. The van der Waals surface area contributed by atoms with Crippen molar-refractivity contribution in [2.75, 3.05) is 19.7 Å². The number of carbonyl (C=O) groups excluding carboxylic acids is 1. The van der Waals surface area contributed by atoms with E-state index in [1.165, 1.54) is 35.2 Å². The van der Waals surface area contributed by atoms with Crippen molar-refractivity contribution in [2.24, 2.45) is 5.92 Å². The van der Waals surface area contributed by atoms with Crippen LogP contribution < -0.4 is 9.46 Å². The topological polar surface area (TPSA) is 41.6 Å². The Hall–Kier alpha value is -1.68. The average Bonchev–Trinajstić information content (AvgIpc) is 3.62. The van der Waals surface area contributed by atoms with Crippen LogP contribution in [-0.4, -0.2) is 36.7 Å². The third kappa shape index (κ3) is 6.37. The lowest BCUT2D eigenvalue weighted by molar-refractivity contribution is -0.190. The fourth-order valence-corrected chi connectivity index (χ4v) is 5.23. The first-order chi connectivity index (χ1) is 16.6. The van der Waals surface area contributed by atoms with Crippen LogP contribution in [0.1, 0.15) is 59.1 Å². The molecule has 1 saturated carbocycles. The van der Waals surface area contributed by atoms with Crippen LogP contribution in [0.2, 0.25) is 10.0 Å². The Balaban J connectivity index is 1.42. The van der Waals surface area contributed by atoms with Crippen LogP contribution in [-0.2, 0) is 0 Å². The summed E-state index contributed by atoms with van der Waals surface area (Å²) in [6, 6.07) is 4.91. The van der Waals surface area contributed by atoms with Crippen LogP contribution in [0.5, 0.6) is 5.75 Å². The van der Waals surface area contributed by atoms with Crippen molar-refractivity contribution in [3.63, 3.8) is 0 Å². The van der Waals surface area contributed by atoms with Crippen LogP contribution in [0, 0.1) is 11.7 Å². The minimum atomic E-state index is -4.49. The third-order valence-corrected chi connectivity index (χ3v) is 7.10. The quantitative estimate of drug-likeness (QED) is 0.288. The van der Waals surface area contributed by atoms with E-state index in [2.05, 4.69) is 17.5 Å². The van der Waals surface area contributed by atoms with Crippen molar-refractivity contribution >= 4 is 41.9 Å². The zero-order valence-corrected chi connectivity index (χ0v) is 21.0. The smallest absolute Gasteiger partial charge is 0.408 e. The molecule has 2 aromatic carbocycles. The predicted molar refractivity (Wildman–Crippen MR) is 130 cm³/mol. The number of ether oxygens (including phenoxy) is 1. The largest absolute Gasteiger partial charge is 0.493 e. The van der Waals surface area contributed by atoms with Gasteiger partial charge in [0.05, 0.1) is 12.2 Å². The van der Waals surface area contributed by atoms with E-state index in [0.717, 1.165) is 18.4 Å². The van der Waals surface area contributed by atoms with E-state index >= 15 is 0 Å². The summed E-state index contributed by atoms with van der Waals surface area (Å²) in [6.07, 6.45) is -1.66. The highest BCUT2D eigenvalue weighted by Gasteiger charge is 2.45. The number of amides is 1. The second-order valence-electron chi connectivity index (χ2n) is 9.02. The molecule has 190 valence electrons. The molecule has 1 saturated heterocycles. The number of alkyl halides is 3. The van der Waals surface area contributed by atoms with Crippen LogP contribution in [0.3, 0.4) is 0 Å². The van der Waals surface area contributed by atoms with Gasteiger partial charge < -0.3 is 4.74 Å². The summed E-state index contributed by atoms with van der Waals surface area (Å²) < 4.78 is 64.5. The number of carbonyl (C=O) groups is 1. The Labute approximate surface area is 216 Å². The molecule has 1 amide bonds. The van der Waals surface area contributed by atoms with Crippen molar-refractivity contribution in [3.8, 4) is 5.75 Å². The Bertz CT molecular complexity index is 1070. The zero-order valence-electron chi connectivity index (χ0n) is 18.5. The van der Waals surface area contributed by atoms with E-state index in [1.807, 2.05) is 0 Å². The minimum absolute atomic E-state index is 0.0126. The van der Waals surface area contributed by atoms with Crippen molar-refractivity contribution in [1.82, 2.24) is 9.62 Å². The maximum absolute atomic E-state index is 14.5. The Morgan fingerprint density at radius 3 is 2.26 bits per heavy atom. The van der Waals surface area contributed by atoms with E-state index in [4.69, 9.17) is 27.9 Å². The van der Waals surface area contributed by atoms with E-state index in [-0.39, 0.29) is 52.7 Å². The molecule has 1 unspecified atom stereocenters. The maximum atomic E-state index is 14.5. The molecule has 0 radical (unpaired) electrons. The summed E-state index contributed by atoms with van der Waals surface area (Å²) in [5, 5.41) is 0.309. The van der Waals surface area contributed by atoms with Gasteiger partial charge in [0.25, 0.3) is 5.91 Å². The minimum Gasteiger partial charge on any atom is -0.493 e. The summed E-state index contributed by atoms with van der Waals surface area (Å²) in [4.78, 5) is 13.3. The summed E-state index contributed by atoms with van der Waals surface area (Å²) >= 11 is 15.6. The molecule has 11 heteroatoms. The SMILES string of the molecule is O=C(NS)c1cc(C2CC2)c(OCC2CCN(C(c3cc(Cl)cc(Cl)c3)C(F)(F)F)CC2)cc1F. The van der Waals surface area contributed by atoms with Crippen LogP contribution in [0.25, 0.3) is 0 Å². The van der Waals surface area contributed by atoms with Crippen LogP contribution in [0.15, 0.2) is 30.3 Å². The zero-order chi connectivity index (χ0) is 25.3. The lowest BCUT2D eigenvalue weighted by Crippen LogP contribution is -2.43. The fraction of sp³-hybridized carbons (Fsp3) is 0.458. The van der Waals surface area contributed by atoms with Gasteiger partial charge >= 0.3 is 6.18 Å². The molecule has 1 heterocycles. The lowest BCUT2D eigenvalue weighted by atomic mass is 9.94. The van der Waals surface area contributed by atoms with Crippen molar-refractivity contribution < 1.29 is 27.1 Å². The average molecular weight is 551 g/mol. The molecule has 1 aliphatic heterocycles. The van der Waals surface area contributed by atoms with Gasteiger partial charge in [-0.1, -0.05) is 36.0 Å². The first-order valence-electron chi connectivity index (χ1n) is 11.2. The Morgan fingerprint density at radius 1 is 1.09 bits per heavy atom.